The van der Waals surface area contributed by atoms with Gasteiger partial charge in [0.25, 0.3) is 11.5 Å². The maximum atomic E-state index is 12.9. The van der Waals surface area contributed by atoms with Gasteiger partial charge in [0, 0.05) is 4.88 Å². The van der Waals surface area contributed by atoms with E-state index in [9.17, 15) is 19.2 Å². The molecular formula is C21H22N4O5S2. The number of nitrogens with one attached hydrogen (secondary N) is 1. The molecule has 0 saturated carbocycles. The molecule has 1 aliphatic carbocycles. The molecule has 0 saturated heterocycles. The zero-order chi connectivity index (χ0) is 23.0. The van der Waals surface area contributed by atoms with Crippen molar-refractivity contribution in [2.24, 2.45) is 5.73 Å². The van der Waals surface area contributed by atoms with Crippen LogP contribution in [0.4, 0.5) is 5.00 Å². The number of thiophene rings is 2. The molecule has 0 atom stereocenters. The number of nitrogens with zero attached hydrogens (tertiary/aromatic N) is 2. The summed E-state index contributed by atoms with van der Waals surface area (Å²) in [4.78, 5) is 55.8. The molecule has 3 aromatic rings. The Kier molecular flexibility index (Phi) is 6.11. The van der Waals surface area contributed by atoms with Crippen LogP contribution in [-0.4, -0.2) is 33.9 Å². The number of amides is 2. The Morgan fingerprint density at radius 2 is 2.00 bits per heavy atom. The predicted octanol–water partition coefficient (Wildman–Crippen LogP) is 2.62. The summed E-state index contributed by atoms with van der Waals surface area (Å²) in [5.74, 6) is -1.53. The summed E-state index contributed by atoms with van der Waals surface area (Å²) < 4.78 is 6.39. The van der Waals surface area contributed by atoms with Crippen LogP contribution in [0.1, 0.15) is 55.8 Å². The molecule has 3 aromatic heterocycles. The van der Waals surface area contributed by atoms with Crippen LogP contribution in [0, 0.1) is 6.92 Å². The summed E-state index contributed by atoms with van der Waals surface area (Å²) in [6.45, 7) is 3.33. The summed E-state index contributed by atoms with van der Waals surface area (Å²) in [7, 11) is 0. The number of primary amides is 1. The van der Waals surface area contributed by atoms with Crippen molar-refractivity contribution in [1.29, 1.82) is 0 Å². The SMILES string of the molecule is CCOC(=O)c1c(NC(=O)Cn2cnc3sc(C(N)=O)c(C)c3c2=O)sc2c1CCCC2. The second kappa shape index (κ2) is 8.83. The zero-order valence-corrected chi connectivity index (χ0v) is 19.3. The summed E-state index contributed by atoms with van der Waals surface area (Å²) in [5.41, 5.74) is 6.76. The molecule has 0 fully saturated rings. The fourth-order valence-electron chi connectivity index (χ4n) is 3.90. The minimum atomic E-state index is -0.623. The lowest BCUT2D eigenvalue weighted by Gasteiger charge is -2.12. The van der Waals surface area contributed by atoms with E-state index >= 15 is 0 Å². The Hall–Kier alpha value is -3.05. The molecule has 3 N–H and O–H groups in total. The molecule has 0 aliphatic heterocycles. The van der Waals surface area contributed by atoms with Crippen molar-refractivity contribution in [3.8, 4) is 0 Å². The topological polar surface area (TPSA) is 133 Å². The molecular weight excluding hydrogens is 452 g/mol. The molecule has 0 spiro atoms. The normalized spacial score (nSPS) is 13.1. The predicted molar refractivity (Wildman–Crippen MR) is 123 cm³/mol. The number of fused-ring (bicyclic) bond motifs is 2. The van der Waals surface area contributed by atoms with Crippen molar-refractivity contribution in [3.05, 3.63) is 43.1 Å². The van der Waals surface area contributed by atoms with Gasteiger partial charge in [-0.15, -0.1) is 22.7 Å². The van der Waals surface area contributed by atoms with Gasteiger partial charge in [-0.1, -0.05) is 0 Å². The number of anilines is 1. The van der Waals surface area contributed by atoms with Crippen LogP contribution in [0.25, 0.3) is 10.2 Å². The van der Waals surface area contributed by atoms with Crippen LogP contribution < -0.4 is 16.6 Å². The second-order valence-electron chi connectivity index (χ2n) is 7.46. The van der Waals surface area contributed by atoms with Gasteiger partial charge in [0.15, 0.2) is 0 Å². The fraction of sp³-hybridized carbons (Fsp3) is 0.381. The van der Waals surface area contributed by atoms with Gasteiger partial charge in [0.05, 0.1) is 28.8 Å². The van der Waals surface area contributed by atoms with E-state index in [1.165, 1.54) is 22.2 Å². The highest BCUT2D eigenvalue weighted by Gasteiger charge is 2.27. The lowest BCUT2D eigenvalue weighted by atomic mass is 9.95. The van der Waals surface area contributed by atoms with E-state index in [4.69, 9.17) is 10.5 Å². The molecule has 3 heterocycles. The van der Waals surface area contributed by atoms with Gasteiger partial charge in [-0.3, -0.25) is 19.0 Å². The molecule has 0 aromatic carbocycles. The highest BCUT2D eigenvalue weighted by atomic mass is 32.1. The number of ether oxygens (including phenoxy) is 1. The summed E-state index contributed by atoms with van der Waals surface area (Å²) >= 11 is 2.44. The third kappa shape index (κ3) is 3.93. The molecule has 0 radical (unpaired) electrons. The Labute approximate surface area is 191 Å². The smallest absolute Gasteiger partial charge is 0.341 e. The summed E-state index contributed by atoms with van der Waals surface area (Å²) in [5, 5.41) is 3.51. The lowest BCUT2D eigenvalue weighted by molar-refractivity contribution is -0.116. The minimum absolute atomic E-state index is 0.241. The van der Waals surface area contributed by atoms with Gasteiger partial charge in [0.2, 0.25) is 5.91 Å². The Balaban J connectivity index is 1.63. The summed E-state index contributed by atoms with van der Waals surface area (Å²) in [6.07, 6.45) is 4.93. The lowest BCUT2D eigenvalue weighted by Crippen LogP contribution is -2.28. The maximum absolute atomic E-state index is 12.9. The monoisotopic (exact) mass is 474 g/mol. The highest BCUT2D eigenvalue weighted by molar-refractivity contribution is 7.20. The van der Waals surface area contributed by atoms with Gasteiger partial charge in [-0.2, -0.15) is 0 Å². The van der Waals surface area contributed by atoms with E-state index in [1.807, 2.05) is 0 Å². The summed E-state index contributed by atoms with van der Waals surface area (Å²) in [6, 6.07) is 0. The van der Waals surface area contributed by atoms with Crippen molar-refractivity contribution in [3.63, 3.8) is 0 Å². The van der Waals surface area contributed by atoms with Crippen LogP contribution in [-0.2, 0) is 28.9 Å². The van der Waals surface area contributed by atoms with E-state index in [-0.39, 0.29) is 23.4 Å². The number of hydrogen-bond acceptors (Lipinski definition) is 8. The van der Waals surface area contributed by atoms with E-state index in [0.717, 1.165) is 47.5 Å². The van der Waals surface area contributed by atoms with Crippen molar-refractivity contribution in [2.75, 3.05) is 11.9 Å². The van der Waals surface area contributed by atoms with Crippen molar-refractivity contribution < 1.29 is 19.1 Å². The number of rotatable bonds is 6. The van der Waals surface area contributed by atoms with E-state index in [2.05, 4.69) is 10.3 Å². The molecule has 4 rings (SSSR count). The Bertz CT molecular complexity index is 1300. The average Bonchev–Trinajstić information content (AvgIpc) is 3.28. The number of aryl methyl sites for hydroxylation is 2. The van der Waals surface area contributed by atoms with Crippen molar-refractivity contribution >= 4 is 55.7 Å². The number of esters is 1. The molecule has 0 unspecified atom stereocenters. The van der Waals surface area contributed by atoms with E-state index in [1.54, 1.807) is 13.8 Å². The molecule has 168 valence electrons. The minimum Gasteiger partial charge on any atom is -0.462 e. The standard InChI is InChI=1S/C21H22N4O5S2/c1-3-30-21(29)15-11-6-4-5-7-12(11)31-19(15)24-13(26)8-25-9-23-18-14(20(25)28)10(2)16(32-18)17(22)27/h9H,3-8H2,1-2H3,(H2,22,27)(H,24,26). The van der Waals surface area contributed by atoms with E-state index in [0.29, 0.717) is 21.0 Å². The van der Waals surface area contributed by atoms with Gasteiger partial charge in [-0.25, -0.2) is 9.78 Å². The first-order valence-electron chi connectivity index (χ1n) is 10.2. The third-order valence-electron chi connectivity index (χ3n) is 5.36. The molecule has 1 aliphatic rings. The number of carbonyl (C=O) groups excluding carboxylic acids is 3. The van der Waals surface area contributed by atoms with Crippen molar-refractivity contribution in [2.45, 2.75) is 46.1 Å². The van der Waals surface area contributed by atoms with Crippen molar-refractivity contribution in [1.82, 2.24) is 9.55 Å². The maximum Gasteiger partial charge on any atom is 0.341 e. The first-order chi connectivity index (χ1) is 15.3. The Morgan fingerprint density at radius 1 is 1.25 bits per heavy atom. The molecule has 2 amide bonds. The second-order valence-corrected chi connectivity index (χ2v) is 9.57. The Morgan fingerprint density at radius 3 is 2.72 bits per heavy atom. The zero-order valence-electron chi connectivity index (χ0n) is 17.6. The first-order valence-corrected chi connectivity index (χ1v) is 11.8. The van der Waals surface area contributed by atoms with Gasteiger partial charge in [-0.05, 0) is 50.7 Å². The third-order valence-corrected chi connectivity index (χ3v) is 7.78. The number of carbonyl (C=O) groups is 3. The molecule has 0 bridgehead atoms. The van der Waals surface area contributed by atoms with E-state index < -0.39 is 23.3 Å². The van der Waals surface area contributed by atoms with Crippen LogP contribution in [0.3, 0.4) is 0 Å². The number of nitrogens with two attached hydrogens (primary N) is 1. The van der Waals surface area contributed by atoms with Gasteiger partial charge >= 0.3 is 5.97 Å². The molecule has 11 heteroatoms. The highest BCUT2D eigenvalue weighted by Crippen LogP contribution is 2.38. The van der Waals surface area contributed by atoms with Crippen LogP contribution in [0.2, 0.25) is 0 Å². The number of aromatic nitrogens is 2. The average molecular weight is 475 g/mol. The quantitative estimate of drug-likeness (QED) is 0.528. The fourth-order valence-corrected chi connectivity index (χ4v) is 6.19. The molecule has 9 nitrogen and oxygen atoms in total. The van der Waals surface area contributed by atoms with Crippen LogP contribution in [0.5, 0.6) is 0 Å². The number of hydrogen-bond donors (Lipinski definition) is 2. The van der Waals surface area contributed by atoms with Crippen LogP contribution >= 0.6 is 22.7 Å². The van der Waals surface area contributed by atoms with Gasteiger partial charge in [0.1, 0.15) is 16.4 Å². The van der Waals surface area contributed by atoms with Gasteiger partial charge < -0.3 is 15.8 Å². The largest absolute Gasteiger partial charge is 0.462 e. The van der Waals surface area contributed by atoms with Crippen LogP contribution in [0.15, 0.2) is 11.1 Å². The molecule has 32 heavy (non-hydrogen) atoms. The first kappa shape index (κ1) is 22.2.